The van der Waals surface area contributed by atoms with Gasteiger partial charge in [-0.1, -0.05) is 152 Å². The van der Waals surface area contributed by atoms with E-state index in [9.17, 15) is 0 Å². The first-order valence-electron chi connectivity index (χ1n) is 21.2. The van der Waals surface area contributed by atoms with Crippen molar-refractivity contribution in [2.45, 2.75) is 0 Å². The van der Waals surface area contributed by atoms with Crippen molar-refractivity contribution in [3.8, 4) is 39.9 Å². The van der Waals surface area contributed by atoms with Gasteiger partial charge in [-0.25, -0.2) is 15.0 Å². The van der Waals surface area contributed by atoms with Crippen LogP contribution in [0.25, 0.3) is 136 Å². The zero-order valence-electron chi connectivity index (χ0n) is 33.6. The number of nitrogens with zero attached hydrogens (tertiary/aromatic N) is 4. The molecular formula is C57H32N4OS. The van der Waals surface area contributed by atoms with Crippen molar-refractivity contribution >= 4 is 108 Å². The number of furan rings is 1. The molecule has 0 aliphatic carbocycles. The van der Waals surface area contributed by atoms with Gasteiger partial charge in [0.25, 0.3) is 0 Å². The predicted octanol–water partition coefficient (Wildman–Crippen LogP) is 15.7. The Morgan fingerprint density at radius 2 is 0.952 bits per heavy atom. The summed E-state index contributed by atoms with van der Waals surface area (Å²) in [4.78, 5) is 16.1. The van der Waals surface area contributed by atoms with Gasteiger partial charge in [0.1, 0.15) is 11.2 Å². The van der Waals surface area contributed by atoms with Crippen LogP contribution in [0.3, 0.4) is 0 Å². The van der Waals surface area contributed by atoms with Crippen molar-refractivity contribution in [3.63, 3.8) is 0 Å². The van der Waals surface area contributed by atoms with E-state index in [4.69, 9.17) is 19.4 Å². The molecule has 0 fully saturated rings. The molecule has 0 aliphatic rings. The van der Waals surface area contributed by atoms with Crippen LogP contribution in [0.4, 0.5) is 0 Å². The van der Waals surface area contributed by atoms with Crippen LogP contribution in [0.5, 0.6) is 0 Å². The molecule has 0 bridgehead atoms. The molecule has 63 heavy (non-hydrogen) atoms. The van der Waals surface area contributed by atoms with E-state index in [2.05, 4.69) is 168 Å². The summed E-state index contributed by atoms with van der Waals surface area (Å²) in [5.74, 6) is 1.76. The van der Waals surface area contributed by atoms with Gasteiger partial charge in [-0.2, -0.15) is 0 Å². The van der Waals surface area contributed by atoms with Crippen molar-refractivity contribution in [2.75, 3.05) is 0 Å². The minimum absolute atomic E-state index is 0.558. The fourth-order valence-corrected chi connectivity index (χ4v) is 11.2. The minimum Gasteiger partial charge on any atom is -0.455 e. The molecule has 0 N–H and O–H groups in total. The molecule has 6 heteroatoms. The topological polar surface area (TPSA) is 56.7 Å². The van der Waals surface area contributed by atoms with Crippen LogP contribution in [0.1, 0.15) is 0 Å². The third-order valence-corrected chi connectivity index (χ3v) is 14.0. The van der Waals surface area contributed by atoms with Gasteiger partial charge in [0.2, 0.25) is 0 Å². The van der Waals surface area contributed by atoms with Crippen LogP contribution >= 0.6 is 11.3 Å². The Morgan fingerprint density at radius 1 is 0.397 bits per heavy atom. The van der Waals surface area contributed by atoms with Gasteiger partial charge < -0.3 is 8.98 Å². The third-order valence-electron chi connectivity index (χ3n) is 12.8. The zero-order valence-corrected chi connectivity index (χ0v) is 34.4. The molecule has 292 valence electrons. The van der Waals surface area contributed by atoms with E-state index in [-0.39, 0.29) is 0 Å². The quantitative estimate of drug-likeness (QED) is 0.177. The van der Waals surface area contributed by atoms with E-state index < -0.39 is 0 Å². The number of thiophene rings is 1. The Bertz CT molecular complexity index is 4130. The lowest BCUT2D eigenvalue weighted by Crippen LogP contribution is -2.02. The fourth-order valence-electron chi connectivity index (χ4n) is 10.0. The Labute approximate surface area is 363 Å². The van der Waals surface area contributed by atoms with E-state index >= 15 is 0 Å². The number of benzene rings is 10. The van der Waals surface area contributed by atoms with Gasteiger partial charge >= 0.3 is 0 Å². The molecule has 4 heterocycles. The highest BCUT2D eigenvalue weighted by molar-refractivity contribution is 7.26. The van der Waals surface area contributed by atoms with Gasteiger partial charge in [-0.15, -0.1) is 11.3 Å². The molecule has 14 aromatic rings. The van der Waals surface area contributed by atoms with E-state index in [1.165, 1.54) is 42.4 Å². The first kappa shape index (κ1) is 34.5. The first-order valence-corrected chi connectivity index (χ1v) is 22.0. The van der Waals surface area contributed by atoms with Crippen molar-refractivity contribution in [1.29, 1.82) is 0 Å². The van der Waals surface area contributed by atoms with Crippen LogP contribution in [-0.4, -0.2) is 19.5 Å². The Balaban J connectivity index is 1.11. The van der Waals surface area contributed by atoms with Crippen LogP contribution < -0.4 is 0 Å². The van der Waals surface area contributed by atoms with Gasteiger partial charge in [-0.05, 0) is 74.8 Å². The standard InChI is InChI=1S/C57H32N4OS/c1-2-16-35(17-3-1)55-58-56(44-30-36-18-6-9-21-40(36)50-42-23-10-12-24-48(42)62-53(44)50)60-57(59-55)45-32-37(31-43-41-22-11-13-25-49(41)63-54(43)45)61-46-28-26-33-14-4-7-19-38(33)51(46)52-39-20-8-5-15-34(39)27-29-47(52)61/h1-32H. The summed E-state index contributed by atoms with van der Waals surface area (Å²) >= 11 is 1.78. The Hall–Kier alpha value is -8.19. The van der Waals surface area contributed by atoms with Crippen LogP contribution in [0, 0.1) is 0 Å². The van der Waals surface area contributed by atoms with Gasteiger partial charge in [0.15, 0.2) is 17.5 Å². The number of hydrogen-bond acceptors (Lipinski definition) is 5. The molecular weight excluding hydrogens is 789 g/mol. The molecule has 0 amide bonds. The SMILES string of the molecule is c1ccc(-c2nc(-c3cc4ccccc4c4c3oc3ccccc34)nc(-c3cc(-n4c5ccc6ccccc6c5c5c6ccccc6ccc54)cc4c3sc3ccccc34)n2)cc1. The van der Waals surface area contributed by atoms with E-state index in [0.29, 0.717) is 17.5 Å². The molecule has 10 aromatic carbocycles. The fraction of sp³-hybridized carbons (Fsp3) is 0. The monoisotopic (exact) mass is 820 g/mol. The van der Waals surface area contributed by atoms with Crippen LogP contribution in [0.15, 0.2) is 199 Å². The maximum absolute atomic E-state index is 6.76. The number of fused-ring (bicyclic) bond motifs is 15. The first-order chi connectivity index (χ1) is 31.2. The number of rotatable bonds is 4. The molecule has 0 spiro atoms. The normalized spacial score (nSPS) is 12.1. The van der Waals surface area contributed by atoms with Crippen molar-refractivity contribution in [3.05, 3.63) is 194 Å². The molecule has 0 aliphatic heterocycles. The van der Waals surface area contributed by atoms with Gasteiger partial charge in [-0.3, -0.25) is 0 Å². The zero-order chi connectivity index (χ0) is 41.2. The highest BCUT2D eigenvalue weighted by Crippen LogP contribution is 2.46. The Kier molecular flexibility index (Phi) is 7.21. The number of hydrogen-bond donors (Lipinski definition) is 0. The summed E-state index contributed by atoms with van der Waals surface area (Å²) in [6, 6.07) is 69.1. The lowest BCUT2D eigenvalue weighted by Gasteiger charge is -2.14. The van der Waals surface area contributed by atoms with Crippen molar-refractivity contribution < 1.29 is 4.42 Å². The smallest absolute Gasteiger partial charge is 0.167 e. The summed E-state index contributed by atoms with van der Waals surface area (Å²) < 4.78 is 11.5. The molecule has 0 unspecified atom stereocenters. The van der Waals surface area contributed by atoms with E-state index in [1.807, 2.05) is 30.3 Å². The van der Waals surface area contributed by atoms with E-state index in [1.54, 1.807) is 11.3 Å². The Morgan fingerprint density at radius 3 is 1.67 bits per heavy atom. The molecule has 0 radical (unpaired) electrons. The second-order valence-electron chi connectivity index (χ2n) is 16.3. The molecule has 0 saturated carbocycles. The molecule has 0 saturated heterocycles. The summed E-state index contributed by atoms with van der Waals surface area (Å²) in [5, 5.41) is 14.1. The van der Waals surface area contributed by atoms with E-state index in [0.717, 1.165) is 76.2 Å². The molecule has 5 nitrogen and oxygen atoms in total. The maximum atomic E-state index is 6.76. The third kappa shape index (κ3) is 5.07. The van der Waals surface area contributed by atoms with Crippen LogP contribution in [0.2, 0.25) is 0 Å². The summed E-state index contributed by atoms with van der Waals surface area (Å²) in [6.45, 7) is 0. The summed E-state index contributed by atoms with van der Waals surface area (Å²) in [6.07, 6.45) is 0. The van der Waals surface area contributed by atoms with Crippen molar-refractivity contribution in [1.82, 2.24) is 19.5 Å². The number of para-hydroxylation sites is 1. The number of aromatic nitrogens is 4. The highest BCUT2D eigenvalue weighted by Gasteiger charge is 2.24. The molecule has 4 aromatic heterocycles. The minimum atomic E-state index is 0.558. The van der Waals surface area contributed by atoms with Gasteiger partial charge in [0.05, 0.1) is 16.6 Å². The maximum Gasteiger partial charge on any atom is 0.167 e. The molecule has 14 rings (SSSR count). The second-order valence-corrected chi connectivity index (χ2v) is 17.3. The summed E-state index contributed by atoms with van der Waals surface area (Å²) in [5.41, 5.74) is 7.61. The molecule has 0 atom stereocenters. The summed E-state index contributed by atoms with van der Waals surface area (Å²) in [7, 11) is 0. The predicted molar refractivity (Wildman–Crippen MR) is 263 cm³/mol. The average molecular weight is 821 g/mol. The largest absolute Gasteiger partial charge is 0.455 e. The van der Waals surface area contributed by atoms with Crippen molar-refractivity contribution in [2.24, 2.45) is 0 Å². The second kappa shape index (κ2) is 13.2. The van der Waals surface area contributed by atoms with Crippen LogP contribution in [-0.2, 0) is 0 Å². The lowest BCUT2D eigenvalue weighted by atomic mass is 9.99. The average Bonchev–Trinajstić information content (AvgIpc) is 4.04. The van der Waals surface area contributed by atoms with Gasteiger partial charge in [0, 0.05) is 58.5 Å². The lowest BCUT2D eigenvalue weighted by molar-refractivity contribution is 0.670. The highest BCUT2D eigenvalue weighted by atomic mass is 32.1.